The second kappa shape index (κ2) is 5.29. The van der Waals surface area contributed by atoms with E-state index < -0.39 is 0 Å². The second-order valence-corrected chi connectivity index (χ2v) is 4.34. The zero-order valence-corrected chi connectivity index (χ0v) is 10.0. The highest BCUT2D eigenvalue weighted by Gasteiger charge is 2.27. The summed E-state index contributed by atoms with van der Waals surface area (Å²) in [5.74, 6) is -0.279. The Hall–Kier alpha value is -1.39. The molecule has 4 nitrogen and oxygen atoms in total. The van der Waals surface area contributed by atoms with Crippen LogP contribution in [0.3, 0.4) is 0 Å². The van der Waals surface area contributed by atoms with Gasteiger partial charge in [-0.15, -0.1) is 0 Å². The maximum Gasteiger partial charge on any atom is 0.234 e. The molecule has 0 unspecified atom stereocenters. The Kier molecular flexibility index (Phi) is 3.76. The van der Waals surface area contributed by atoms with Gasteiger partial charge < -0.3 is 10.5 Å². The molecule has 0 aliphatic carbocycles. The summed E-state index contributed by atoms with van der Waals surface area (Å²) in [6, 6.07) is 9.83. The van der Waals surface area contributed by atoms with Crippen molar-refractivity contribution in [3.05, 3.63) is 35.9 Å². The average molecular weight is 234 g/mol. The van der Waals surface area contributed by atoms with E-state index in [1.165, 1.54) is 0 Å². The molecule has 1 aliphatic heterocycles. The molecule has 0 spiro atoms. The number of carbonyl (C=O) groups excluding carboxylic acids is 1. The normalized spacial score (nSPS) is 23.2. The van der Waals surface area contributed by atoms with Crippen LogP contribution in [-0.4, -0.2) is 36.5 Å². The van der Waals surface area contributed by atoms with Gasteiger partial charge in [0, 0.05) is 13.1 Å². The molecule has 2 atom stereocenters. The third-order valence-electron chi connectivity index (χ3n) is 3.23. The van der Waals surface area contributed by atoms with E-state index >= 15 is 0 Å². The van der Waals surface area contributed by atoms with Crippen molar-refractivity contribution in [1.82, 2.24) is 4.90 Å². The van der Waals surface area contributed by atoms with E-state index in [1.807, 2.05) is 37.3 Å². The topological polar surface area (TPSA) is 55.6 Å². The zero-order chi connectivity index (χ0) is 12.3. The van der Waals surface area contributed by atoms with Gasteiger partial charge in [0.05, 0.1) is 18.8 Å². The number of hydrogen-bond donors (Lipinski definition) is 1. The highest BCUT2D eigenvalue weighted by atomic mass is 16.5. The highest BCUT2D eigenvalue weighted by molar-refractivity contribution is 5.79. The molecule has 1 amide bonds. The Bertz CT molecular complexity index is 380. The first-order chi connectivity index (χ1) is 8.18. The number of morpholine rings is 1. The number of benzene rings is 1. The summed E-state index contributed by atoms with van der Waals surface area (Å²) in [6.07, 6.45) is 0.0340. The van der Waals surface area contributed by atoms with Gasteiger partial charge in [-0.05, 0) is 12.5 Å². The van der Waals surface area contributed by atoms with E-state index in [4.69, 9.17) is 10.5 Å². The lowest BCUT2D eigenvalue weighted by atomic mass is 10.1. The van der Waals surface area contributed by atoms with Crippen molar-refractivity contribution in [3.63, 3.8) is 0 Å². The molecule has 1 aliphatic rings. The monoisotopic (exact) mass is 234 g/mol. The van der Waals surface area contributed by atoms with Crippen molar-refractivity contribution in [2.45, 2.75) is 19.1 Å². The largest absolute Gasteiger partial charge is 0.371 e. The number of ether oxygens (including phenoxy) is 1. The number of rotatable bonds is 3. The fraction of sp³-hybridized carbons (Fsp3) is 0.462. The lowest BCUT2D eigenvalue weighted by Gasteiger charge is -2.35. The smallest absolute Gasteiger partial charge is 0.234 e. The second-order valence-electron chi connectivity index (χ2n) is 4.34. The number of amides is 1. The molecule has 92 valence electrons. The van der Waals surface area contributed by atoms with Gasteiger partial charge in [0.1, 0.15) is 0 Å². The molecular weight excluding hydrogens is 216 g/mol. The molecule has 0 aromatic heterocycles. The number of nitrogens with zero attached hydrogens (tertiary/aromatic N) is 1. The summed E-state index contributed by atoms with van der Waals surface area (Å²) in [5.41, 5.74) is 6.48. The predicted molar refractivity (Wildman–Crippen MR) is 65.4 cm³/mol. The average Bonchev–Trinajstić information content (AvgIpc) is 2.39. The minimum atomic E-state index is -0.279. The summed E-state index contributed by atoms with van der Waals surface area (Å²) in [4.78, 5) is 13.3. The number of hydrogen-bond acceptors (Lipinski definition) is 3. The molecule has 1 saturated heterocycles. The first kappa shape index (κ1) is 12.1. The molecule has 0 bridgehead atoms. The first-order valence-corrected chi connectivity index (χ1v) is 5.88. The maximum atomic E-state index is 11.2. The van der Waals surface area contributed by atoms with Crippen molar-refractivity contribution in [3.8, 4) is 0 Å². The molecule has 2 N–H and O–H groups in total. The Morgan fingerprint density at radius 2 is 2.18 bits per heavy atom. The van der Waals surface area contributed by atoms with E-state index in [9.17, 15) is 4.79 Å². The van der Waals surface area contributed by atoms with Gasteiger partial charge in [-0.25, -0.2) is 0 Å². The highest BCUT2D eigenvalue weighted by Crippen LogP contribution is 2.22. The molecule has 0 saturated carbocycles. The van der Waals surface area contributed by atoms with Crippen LogP contribution in [0.15, 0.2) is 30.3 Å². The summed E-state index contributed by atoms with van der Waals surface area (Å²) in [5, 5.41) is 0. The van der Waals surface area contributed by atoms with Crippen molar-refractivity contribution >= 4 is 5.91 Å². The van der Waals surface area contributed by atoms with Gasteiger partial charge in [-0.3, -0.25) is 9.69 Å². The third kappa shape index (κ3) is 2.84. The van der Waals surface area contributed by atoms with Crippen molar-refractivity contribution in [1.29, 1.82) is 0 Å². The van der Waals surface area contributed by atoms with E-state index in [-0.39, 0.29) is 18.1 Å². The Morgan fingerprint density at radius 3 is 2.82 bits per heavy atom. The first-order valence-electron chi connectivity index (χ1n) is 5.88. The van der Waals surface area contributed by atoms with Gasteiger partial charge in [0.25, 0.3) is 0 Å². The van der Waals surface area contributed by atoms with Crippen LogP contribution in [0.2, 0.25) is 0 Å². The van der Waals surface area contributed by atoms with E-state index in [0.717, 1.165) is 12.1 Å². The van der Waals surface area contributed by atoms with E-state index in [1.54, 1.807) is 0 Å². The molecule has 1 aromatic rings. The third-order valence-corrected chi connectivity index (χ3v) is 3.23. The maximum absolute atomic E-state index is 11.2. The summed E-state index contributed by atoms with van der Waals surface area (Å²) >= 11 is 0. The van der Waals surface area contributed by atoms with Crippen molar-refractivity contribution < 1.29 is 9.53 Å². The Labute approximate surface area is 101 Å². The minimum absolute atomic E-state index is 0.0340. The fourth-order valence-electron chi connectivity index (χ4n) is 2.07. The molecule has 1 aromatic carbocycles. The van der Waals surface area contributed by atoms with Crippen LogP contribution < -0.4 is 5.73 Å². The van der Waals surface area contributed by atoms with Crippen LogP contribution >= 0.6 is 0 Å². The lowest BCUT2D eigenvalue weighted by Crippen LogP contribution is -2.48. The molecule has 1 fully saturated rings. The number of primary amides is 1. The van der Waals surface area contributed by atoms with Crippen molar-refractivity contribution in [2.24, 2.45) is 5.73 Å². The van der Waals surface area contributed by atoms with Gasteiger partial charge in [0.15, 0.2) is 0 Å². The number of nitrogens with two attached hydrogens (primary N) is 1. The van der Waals surface area contributed by atoms with Crippen LogP contribution in [0, 0.1) is 0 Å². The quantitative estimate of drug-likeness (QED) is 0.846. The van der Waals surface area contributed by atoms with Gasteiger partial charge in [0.2, 0.25) is 5.91 Å². The lowest BCUT2D eigenvalue weighted by molar-refractivity contribution is -0.126. The summed E-state index contributed by atoms with van der Waals surface area (Å²) in [7, 11) is 0. The van der Waals surface area contributed by atoms with Gasteiger partial charge in [-0.2, -0.15) is 0 Å². The summed E-state index contributed by atoms with van der Waals surface area (Å²) < 4.78 is 5.73. The van der Waals surface area contributed by atoms with Crippen LogP contribution in [0.25, 0.3) is 0 Å². The SMILES string of the molecule is C[C@@H](C(N)=O)N1CCO[C@@H](c2ccccc2)C1. The molecule has 17 heavy (non-hydrogen) atoms. The minimum Gasteiger partial charge on any atom is -0.371 e. The Morgan fingerprint density at radius 1 is 1.47 bits per heavy atom. The molecule has 1 heterocycles. The van der Waals surface area contributed by atoms with Crippen LogP contribution in [0.4, 0.5) is 0 Å². The van der Waals surface area contributed by atoms with Crippen LogP contribution in [0.1, 0.15) is 18.6 Å². The Balaban J connectivity index is 2.05. The number of carbonyl (C=O) groups is 1. The zero-order valence-electron chi connectivity index (χ0n) is 10.0. The standard InChI is InChI=1S/C13H18N2O2/c1-10(13(14)16)15-7-8-17-12(9-15)11-5-3-2-4-6-11/h2-6,10,12H,7-9H2,1H3,(H2,14,16)/t10-,12+/m0/s1. The van der Waals surface area contributed by atoms with E-state index in [2.05, 4.69) is 4.90 Å². The molecule has 4 heteroatoms. The fourth-order valence-corrected chi connectivity index (χ4v) is 2.07. The molecule has 2 rings (SSSR count). The van der Waals surface area contributed by atoms with Crippen LogP contribution in [0.5, 0.6) is 0 Å². The van der Waals surface area contributed by atoms with Crippen molar-refractivity contribution in [2.75, 3.05) is 19.7 Å². The van der Waals surface area contributed by atoms with Gasteiger partial charge >= 0.3 is 0 Å². The van der Waals surface area contributed by atoms with Crippen LogP contribution in [-0.2, 0) is 9.53 Å². The van der Waals surface area contributed by atoms with E-state index in [0.29, 0.717) is 13.2 Å². The molecule has 0 radical (unpaired) electrons. The summed E-state index contributed by atoms with van der Waals surface area (Å²) in [6.45, 7) is 3.95. The molecular formula is C13H18N2O2. The predicted octanol–water partition coefficient (Wildman–Crippen LogP) is 0.934. The van der Waals surface area contributed by atoms with Gasteiger partial charge in [-0.1, -0.05) is 30.3 Å².